The van der Waals surface area contributed by atoms with Crippen LogP contribution in [0.4, 0.5) is 5.69 Å². The maximum absolute atomic E-state index is 11.8. The van der Waals surface area contributed by atoms with Crippen LogP contribution in [0.25, 0.3) is 0 Å². The van der Waals surface area contributed by atoms with Gasteiger partial charge in [-0.3, -0.25) is 9.59 Å². The van der Waals surface area contributed by atoms with Crippen molar-refractivity contribution >= 4 is 23.5 Å². The molecule has 0 unspecified atom stereocenters. The molecule has 0 spiro atoms. The summed E-state index contributed by atoms with van der Waals surface area (Å²) in [5.41, 5.74) is 0.925. The van der Waals surface area contributed by atoms with Gasteiger partial charge in [0.05, 0.1) is 23.5 Å². The lowest BCUT2D eigenvalue weighted by atomic mass is 10.2. The van der Waals surface area contributed by atoms with Crippen molar-refractivity contribution in [1.29, 1.82) is 0 Å². The van der Waals surface area contributed by atoms with Crippen molar-refractivity contribution in [1.82, 2.24) is 0 Å². The number of rotatable bonds is 5. The monoisotopic (exact) mass is 291 g/mol. The normalized spacial score (nSPS) is 20.0. The molecule has 2 N–H and O–H groups in total. The second-order valence-electron chi connectivity index (χ2n) is 5.31. The molecule has 1 aromatic carbocycles. The SMILES string of the molecule is CC(C)OC(=O)c1ccc(NC(=O)[C@@H]2C[C@@H]2C(=O)O)cc1. The minimum absolute atomic E-state index is 0.195. The molecular weight excluding hydrogens is 274 g/mol. The molecule has 6 heteroatoms. The van der Waals surface area contributed by atoms with Gasteiger partial charge >= 0.3 is 11.9 Å². The average Bonchev–Trinajstić information content (AvgIpc) is 3.19. The van der Waals surface area contributed by atoms with Gasteiger partial charge in [-0.25, -0.2) is 4.79 Å². The van der Waals surface area contributed by atoms with Crippen LogP contribution in [0, 0.1) is 11.8 Å². The lowest BCUT2D eigenvalue weighted by molar-refractivity contribution is -0.139. The Kier molecular flexibility index (Phi) is 4.26. The van der Waals surface area contributed by atoms with Crippen molar-refractivity contribution < 1.29 is 24.2 Å². The van der Waals surface area contributed by atoms with E-state index in [9.17, 15) is 14.4 Å². The molecule has 2 rings (SSSR count). The van der Waals surface area contributed by atoms with Crippen LogP contribution in [0.1, 0.15) is 30.6 Å². The van der Waals surface area contributed by atoms with E-state index >= 15 is 0 Å². The summed E-state index contributed by atoms with van der Waals surface area (Å²) in [5.74, 6) is -2.71. The van der Waals surface area contributed by atoms with Gasteiger partial charge in [-0.15, -0.1) is 0 Å². The minimum atomic E-state index is -0.943. The zero-order chi connectivity index (χ0) is 15.6. The number of amides is 1. The zero-order valence-electron chi connectivity index (χ0n) is 11.8. The molecule has 0 radical (unpaired) electrons. The number of hydrogen-bond acceptors (Lipinski definition) is 4. The Labute approximate surface area is 122 Å². The van der Waals surface area contributed by atoms with Gasteiger partial charge in [0.1, 0.15) is 0 Å². The fourth-order valence-corrected chi connectivity index (χ4v) is 1.96. The highest BCUT2D eigenvalue weighted by Gasteiger charge is 2.48. The number of hydrogen-bond donors (Lipinski definition) is 2. The van der Waals surface area contributed by atoms with Gasteiger partial charge in [-0.2, -0.15) is 0 Å². The van der Waals surface area contributed by atoms with Gasteiger partial charge in [0, 0.05) is 5.69 Å². The smallest absolute Gasteiger partial charge is 0.338 e. The topological polar surface area (TPSA) is 92.7 Å². The number of carbonyl (C=O) groups is 3. The second kappa shape index (κ2) is 5.95. The Balaban J connectivity index is 1.92. The van der Waals surface area contributed by atoms with Crippen LogP contribution in [0.3, 0.4) is 0 Å². The first kappa shape index (κ1) is 15.0. The molecule has 1 aliphatic rings. The maximum Gasteiger partial charge on any atom is 0.338 e. The molecule has 0 aliphatic heterocycles. The molecule has 0 aromatic heterocycles. The maximum atomic E-state index is 11.8. The molecule has 21 heavy (non-hydrogen) atoms. The highest BCUT2D eigenvalue weighted by atomic mass is 16.5. The molecule has 1 amide bonds. The summed E-state index contributed by atoms with van der Waals surface area (Å²) in [5, 5.41) is 11.4. The number of aliphatic carboxylic acids is 1. The lowest BCUT2D eigenvalue weighted by Gasteiger charge is -2.09. The van der Waals surface area contributed by atoms with Gasteiger partial charge < -0.3 is 15.2 Å². The summed E-state index contributed by atoms with van der Waals surface area (Å²) in [6, 6.07) is 6.30. The van der Waals surface area contributed by atoms with Crippen molar-refractivity contribution in [3.05, 3.63) is 29.8 Å². The van der Waals surface area contributed by atoms with Crippen LogP contribution >= 0.6 is 0 Å². The van der Waals surface area contributed by atoms with E-state index in [0.717, 1.165) is 0 Å². The van der Waals surface area contributed by atoms with Crippen LogP contribution in [0.5, 0.6) is 0 Å². The van der Waals surface area contributed by atoms with Gasteiger partial charge in [0.25, 0.3) is 0 Å². The summed E-state index contributed by atoms with van der Waals surface area (Å²) in [7, 11) is 0. The van der Waals surface area contributed by atoms with E-state index in [1.165, 1.54) is 0 Å². The first-order chi connectivity index (χ1) is 9.88. The van der Waals surface area contributed by atoms with Crippen molar-refractivity contribution in [2.24, 2.45) is 11.8 Å². The largest absolute Gasteiger partial charge is 0.481 e. The molecule has 112 valence electrons. The fourth-order valence-electron chi connectivity index (χ4n) is 1.96. The number of anilines is 1. The Hall–Kier alpha value is -2.37. The molecule has 0 bridgehead atoms. The molecule has 1 fully saturated rings. The third-order valence-corrected chi connectivity index (χ3v) is 3.18. The molecule has 0 heterocycles. The Morgan fingerprint density at radius 2 is 1.81 bits per heavy atom. The van der Waals surface area contributed by atoms with E-state index in [2.05, 4.69) is 5.32 Å². The third-order valence-electron chi connectivity index (χ3n) is 3.18. The number of esters is 1. The number of nitrogens with one attached hydrogen (secondary N) is 1. The Morgan fingerprint density at radius 3 is 2.29 bits per heavy atom. The second-order valence-corrected chi connectivity index (χ2v) is 5.31. The number of carboxylic acids is 1. The van der Waals surface area contributed by atoms with Crippen LogP contribution < -0.4 is 5.32 Å². The van der Waals surface area contributed by atoms with Crippen molar-refractivity contribution in [3.63, 3.8) is 0 Å². The molecule has 1 aliphatic carbocycles. The first-order valence-corrected chi connectivity index (χ1v) is 6.73. The van der Waals surface area contributed by atoms with Crippen LogP contribution in [0.2, 0.25) is 0 Å². The van der Waals surface area contributed by atoms with E-state index in [1.807, 2.05) is 0 Å². The van der Waals surface area contributed by atoms with E-state index in [0.29, 0.717) is 17.7 Å². The van der Waals surface area contributed by atoms with Gasteiger partial charge in [-0.1, -0.05) is 0 Å². The standard InChI is InChI=1S/C15H17NO5/c1-8(2)21-15(20)9-3-5-10(6-4-9)16-13(17)11-7-12(11)14(18)19/h3-6,8,11-12H,7H2,1-2H3,(H,16,17)(H,18,19)/t11-,12+/m1/s1. The number of carboxylic acid groups (broad SMARTS) is 1. The highest BCUT2D eigenvalue weighted by molar-refractivity contribution is 5.98. The van der Waals surface area contributed by atoms with Crippen LogP contribution in [-0.2, 0) is 14.3 Å². The van der Waals surface area contributed by atoms with Gasteiger partial charge in [0.15, 0.2) is 0 Å². The Bertz CT molecular complexity index is 564. The van der Waals surface area contributed by atoms with Crippen LogP contribution in [-0.4, -0.2) is 29.1 Å². The van der Waals surface area contributed by atoms with E-state index in [-0.39, 0.29) is 12.0 Å². The molecule has 6 nitrogen and oxygen atoms in total. The first-order valence-electron chi connectivity index (χ1n) is 6.73. The predicted molar refractivity (Wildman–Crippen MR) is 74.9 cm³/mol. The van der Waals surface area contributed by atoms with Crippen molar-refractivity contribution in [3.8, 4) is 0 Å². The number of benzene rings is 1. The van der Waals surface area contributed by atoms with Crippen molar-refractivity contribution in [2.45, 2.75) is 26.4 Å². The summed E-state index contributed by atoms with van der Waals surface area (Å²) in [6.07, 6.45) is 0.180. The van der Waals surface area contributed by atoms with Crippen molar-refractivity contribution in [2.75, 3.05) is 5.32 Å². The summed E-state index contributed by atoms with van der Waals surface area (Å²) >= 11 is 0. The average molecular weight is 291 g/mol. The zero-order valence-corrected chi connectivity index (χ0v) is 11.8. The van der Waals surface area contributed by atoms with Gasteiger partial charge in [-0.05, 0) is 44.5 Å². The lowest BCUT2D eigenvalue weighted by Crippen LogP contribution is -2.17. The quantitative estimate of drug-likeness (QED) is 0.808. The van der Waals surface area contributed by atoms with E-state index in [4.69, 9.17) is 9.84 Å². The molecule has 1 saturated carbocycles. The molecule has 2 atom stereocenters. The fraction of sp³-hybridized carbons (Fsp3) is 0.400. The molecule has 1 aromatic rings. The van der Waals surface area contributed by atoms with Crippen LogP contribution in [0.15, 0.2) is 24.3 Å². The number of ether oxygens (including phenoxy) is 1. The Morgan fingerprint density at radius 1 is 1.19 bits per heavy atom. The van der Waals surface area contributed by atoms with E-state index < -0.39 is 23.8 Å². The molecule has 0 saturated heterocycles. The summed E-state index contributed by atoms with van der Waals surface area (Å²) < 4.78 is 5.05. The third kappa shape index (κ3) is 3.81. The summed E-state index contributed by atoms with van der Waals surface area (Å²) in [4.78, 5) is 34.1. The minimum Gasteiger partial charge on any atom is -0.481 e. The highest BCUT2D eigenvalue weighted by Crippen LogP contribution is 2.39. The predicted octanol–water partition coefficient (Wildman–Crippen LogP) is 1.91. The summed E-state index contributed by atoms with van der Waals surface area (Å²) in [6.45, 7) is 3.53. The molecular formula is C15H17NO5. The van der Waals surface area contributed by atoms with E-state index in [1.54, 1.807) is 38.1 Å². The van der Waals surface area contributed by atoms with Gasteiger partial charge in [0.2, 0.25) is 5.91 Å². The number of carbonyl (C=O) groups excluding carboxylic acids is 2.